The SMILES string of the molecule is OCC[NH+]1CCN(c2ncnc3sccc23)CC1. The first-order valence-electron chi connectivity index (χ1n) is 6.26. The Balaban J connectivity index is 1.78. The van der Waals surface area contributed by atoms with Crippen LogP contribution in [-0.4, -0.2) is 54.4 Å². The molecule has 0 saturated carbocycles. The van der Waals surface area contributed by atoms with Gasteiger partial charge in [-0.1, -0.05) is 0 Å². The van der Waals surface area contributed by atoms with E-state index in [4.69, 9.17) is 5.11 Å². The molecule has 0 unspecified atom stereocenters. The lowest BCUT2D eigenvalue weighted by Gasteiger charge is -2.32. The van der Waals surface area contributed by atoms with Gasteiger partial charge in [0.1, 0.15) is 23.5 Å². The number of hydrogen-bond acceptors (Lipinski definition) is 5. The van der Waals surface area contributed by atoms with Crippen LogP contribution in [0.4, 0.5) is 5.82 Å². The average Bonchev–Trinajstić information content (AvgIpc) is 2.88. The second-order valence-corrected chi connectivity index (χ2v) is 5.44. The maximum atomic E-state index is 8.96. The van der Waals surface area contributed by atoms with Crippen molar-refractivity contribution in [2.75, 3.05) is 44.2 Å². The van der Waals surface area contributed by atoms with Crippen molar-refractivity contribution in [3.63, 3.8) is 0 Å². The number of aliphatic hydroxyl groups excluding tert-OH is 1. The van der Waals surface area contributed by atoms with Gasteiger partial charge in [0.25, 0.3) is 0 Å². The van der Waals surface area contributed by atoms with E-state index in [2.05, 4.69) is 26.3 Å². The van der Waals surface area contributed by atoms with E-state index in [0.29, 0.717) is 0 Å². The number of quaternary nitrogens is 1. The number of aromatic nitrogens is 2. The third-order valence-electron chi connectivity index (χ3n) is 3.48. The second kappa shape index (κ2) is 5.17. The fourth-order valence-corrected chi connectivity index (χ4v) is 3.20. The predicted octanol–water partition coefficient (Wildman–Crippen LogP) is -0.611. The molecule has 6 heteroatoms. The summed E-state index contributed by atoms with van der Waals surface area (Å²) in [6.07, 6.45) is 1.65. The molecular formula is C12H17N4OS+. The Kier molecular flexibility index (Phi) is 3.40. The van der Waals surface area contributed by atoms with Crippen LogP contribution in [0.2, 0.25) is 0 Å². The first-order chi connectivity index (χ1) is 8.88. The third kappa shape index (κ3) is 2.19. The van der Waals surface area contributed by atoms with Crippen LogP contribution in [0, 0.1) is 0 Å². The quantitative estimate of drug-likeness (QED) is 0.777. The molecule has 0 bridgehead atoms. The van der Waals surface area contributed by atoms with E-state index < -0.39 is 0 Å². The average molecular weight is 265 g/mol. The van der Waals surface area contributed by atoms with E-state index >= 15 is 0 Å². The molecule has 1 aliphatic rings. The van der Waals surface area contributed by atoms with Gasteiger partial charge in [0, 0.05) is 0 Å². The van der Waals surface area contributed by atoms with Gasteiger partial charge in [0.05, 0.1) is 38.2 Å². The van der Waals surface area contributed by atoms with Crippen molar-refractivity contribution >= 4 is 27.4 Å². The molecule has 1 aliphatic heterocycles. The summed E-state index contributed by atoms with van der Waals surface area (Å²) >= 11 is 1.66. The number of nitrogens with zero attached hydrogens (tertiary/aromatic N) is 3. The lowest BCUT2D eigenvalue weighted by molar-refractivity contribution is -0.900. The molecule has 0 aliphatic carbocycles. The number of thiophene rings is 1. The Morgan fingerprint density at radius 1 is 1.33 bits per heavy atom. The summed E-state index contributed by atoms with van der Waals surface area (Å²) in [6.45, 7) is 5.25. The van der Waals surface area contributed by atoms with Crippen LogP contribution >= 0.6 is 11.3 Å². The fraction of sp³-hybridized carbons (Fsp3) is 0.500. The molecule has 0 radical (unpaired) electrons. The molecule has 2 aromatic rings. The minimum absolute atomic E-state index is 0.275. The van der Waals surface area contributed by atoms with Crippen molar-refractivity contribution in [3.8, 4) is 0 Å². The number of aliphatic hydroxyl groups is 1. The number of piperazine rings is 1. The molecule has 1 fully saturated rings. The normalized spacial score (nSPS) is 17.5. The van der Waals surface area contributed by atoms with Gasteiger partial charge >= 0.3 is 0 Å². The van der Waals surface area contributed by atoms with Crippen molar-refractivity contribution < 1.29 is 10.0 Å². The van der Waals surface area contributed by atoms with Gasteiger partial charge in [-0.05, 0) is 11.4 Å². The Morgan fingerprint density at radius 3 is 2.94 bits per heavy atom. The molecule has 18 heavy (non-hydrogen) atoms. The molecule has 3 heterocycles. The van der Waals surface area contributed by atoms with Gasteiger partial charge < -0.3 is 14.9 Å². The molecule has 2 aromatic heterocycles. The molecule has 2 N–H and O–H groups in total. The van der Waals surface area contributed by atoms with Gasteiger partial charge in [-0.25, -0.2) is 9.97 Å². The van der Waals surface area contributed by atoms with Crippen LogP contribution in [0.25, 0.3) is 10.2 Å². The topological polar surface area (TPSA) is 53.7 Å². The highest BCUT2D eigenvalue weighted by molar-refractivity contribution is 7.16. The van der Waals surface area contributed by atoms with Crippen molar-refractivity contribution in [1.82, 2.24) is 9.97 Å². The smallest absolute Gasteiger partial charge is 0.141 e. The molecule has 5 nitrogen and oxygen atoms in total. The zero-order valence-electron chi connectivity index (χ0n) is 10.2. The van der Waals surface area contributed by atoms with E-state index in [-0.39, 0.29) is 6.61 Å². The van der Waals surface area contributed by atoms with Crippen molar-refractivity contribution in [1.29, 1.82) is 0 Å². The van der Waals surface area contributed by atoms with Gasteiger partial charge in [0.2, 0.25) is 0 Å². The number of fused-ring (bicyclic) bond motifs is 1. The molecule has 96 valence electrons. The van der Waals surface area contributed by atoms with E-state index in [9.17, 15) is 0 Å². The molecular weight excluding hydrogens is 248 g/mol. The third-order valence-corrected chi connectivity index (χ3v) is 4.30. The number of rotatable bonds is 3. The summed E-state index contributed by atoms with van der Waals surface area (Å²) in [5.41, 5.74) is 0. The van der Waals surface area contributed by atoms with Crippen LogP contribution in [0.5, 0.6) is 0 Å². The molecule has 3 rings (SSSR count). The minimum atomic E-state index is 0.275. The Labute approximate surface area is 110 Å². The maximum absolute atomic E-state index is 8.96. The molecule has 0 atom stereocenters. The van der Waals surface area contributed by atoms with Gasteiger partial charge in [-0.3, -0.25) is 0 Å². The Bertz CT molecular complexity index is 522. The van der Waals surface area contributed by atoms with Crippen LogP contribution in [-0.2, 0) is 0 Å². The van der Waals surface area contributed by atoms with Gasteiger partial charge in [0.15, 0.2) is 0 Å². The second-order valence-electron chi connectivity index (χ2n) is 4.55. The first kappa shape index (κ1) is 11.8. The maximum Gasteiger partial charge on any atom is 0.141 e. The van der Waals surface area contributed by atoms with Crippen molar-refractivity contribution in [2.24, 2.45) is 0 Å². The van der Waals surface area contributed by atoms with Gasteiger partial charge in [-0.15, -0.1) is 11.3 Å². The zero-order chi connectivity index (χ0) is 12.4. The van der Waals surface area contributed by atoms with Crippen LogP contribution < -0.4 is 9.80 Å². The lowest BCUT2D eigenvalue weighted by atomic mass is 10.3. The zero-order valence-corrected chi connectivity index (χ0v) is 11.0. The Hall–Kier alpha value is -1.24. The van der Waals surface area contributed by atoms with Crippen LogP contribution in [0.1, 0.15) is 0 Å². The fourth-order valence-electron chi connectivity index (χ4n) is 2.47. The molecule has 0 spiro atoms. The number of nitrogens with one attached hydrogen (secondary N) is 1. The van der Waals surface area contributed by atoms with Crippen molar-refractivity contribution in [3.05, 3.63) is 17.8 Å². The summed E-state index contributed by atoms with van der Waals surface area (Å²) in [5.74, 6) is 1.06. The molecule has 0 amide bonds. The summed E-state index contributed by atoms with van der Waals surface area (Å²) in [5, 5.41) is 12.2. The highest BCUT2D eigenvalue weighted by Crippen LogP contribution is 2.26. The summed E-state index contributed by atoms with van der Waals surface area (Å²) in [4.78, 5) is 13.6. The predicted molar refractivity (Wildman–Crippen MR) is 72.3 cm³/mol. The molecule has 1 saturated heterocycles. The minimum Gasteiger partial charge on any atom is -0.391 e. The molecule has 0 aromatic carbocycles. The van der Waals surface area contributed by atoms with Crippen LogP contribution in [0.3, 0.4) is 0 Å². The lowest BCUT2D eigenvalue weighted by Crippen LogP contribution is -3.15. The first-order valence-corrected chi connectivity index (χ1v) is 7.14. The Morgan fingerprint density at radius 2 is 2.17 bits per heavy atom. The van der Waals surface area contributed by atoms with Gasteiger partial charge in [-0.2, -0.15) is 0 Å². The number of hydrogen-bond donors (Lipinski definition) is 2. The van der Waals surface area contributed by atoms with E-state index in [1.807, 2.05) is 0 Å². The van der Waals surface area contributed by atoms with E-state index in [1.165, 1.54) is 4.90 Å². The summed E-state index contributed by atoms with van der Waals surface area (Å²) < 4.78 is 0. The largest absolute Gasteiger partial charge is 0.391 e. The highest BCUT2D eigenvalue weighted by atomic mass is 32.1. The van der Waals surface area contributed by atoms with E-state index in [1.54, 1.807) is 17.7 Å². The summed E-state index contributed by atoms with van der Waals surface area (Å²) in [7, 11) is 0. The standard InChI is InChI=1S/C12H16N4OS/c17-7-6-15-2-4-16(5-3-15)11-10-1-8-18-12(10)14-9-13-11/h1,8-9,17H,2-7H2/p+1. The number of anilines is 1. The highest BCUT2D eigenvalue weighted by Gasteiger charge is 2.22. The monoisotopic (exact) mass is 265 g/mol. The van der Waals surface area contributed by atoms with E-state index in [0.717, 1.165) is 48.8 Å². The van der Waals surface area contributed by atoms with Crippen LogP contribution in [0.15, 0.2) is 17.8 Å². The van der Waals surface area contributed by atoms with Crippen molar-refractivity contribution in [2.45, 2.75) is 0 Å². The summed E-state index contributed by atoms with van der Waals surface area (Å²) in [6, 6.07) is 2.10.